The fraction of sp³-hybridized carbons (Fsp3) is 0.629. The molecule has 47 heavy (non-hydrogen) atoms. The minimum Gasteiger partial charge on any atom is -0.381 e. The number of carbonyl (C=O) groups is 4. The lowest BCUT2D eigenvalue weighted by Crippen LogP contribution is -2.65. The third-order valence-electron chi connectivity index (χ3n) is 10.7. The topological polar surface area (TPSA) is 135 Å². The lowest BCUT2D eigenvalue weighted by atomic mass is 9.70. The molecule has 12 nitrogen and oxygen atoms in total. The van der Waals surface area contributed by atoms with Crippen LogP contribution < -0.4 is 10.6 Å². The summed E-state index contributed by atoms with van der Waals surface area (Å²) in [5, 5.41) is 10.1. The van der Waals surface area contributed by atoms with E-state index in [1.54, 1.807) is 24.2 Å². The summed E-state index contributed by atoms with van der Waals surface area (Å²) in [5.74, 6) is -0.910. The van der Waals surface area contributed by atoms with E-state index in [2.05, 4.69) is 29.6 Å². The third kappa shape index (κ3) is 7.08. The molecule has 2 aromatic rings. The van der Waals surface area contributed by atoms with E-state index < -0.39 is 23.5 Å². The van der Waals surface area contributed by atoms with Gasteiger partial charge in [0.2, 0.25) is 17.7 Å². The first-order valence-electron chi connectivity index (χ1n) is 16.9. The molecule has 12 heteroatoms. The van der Waals surface area contributed by atoms with Crippen molar-refractivity contribution in [3.63, 3.8) is 0 Å². The van der Waals surface area contributed by atoms with Crippen molar-refractivity contribution in [3.05, 3.63) is 53.9 Å². The Morgan fingerprint density at radius 1 is 1.04 bits per heavy atom. The third-order valence-corrected chi connectivity index (χ3v) is 10.7. The molecule has 4 amide bonds. The maximum Gasteiger partial charge on any atom is 0.257 e. The van der Waals surface area contributed by atoms with Crippen molar-refractivity contribution in [1.82, 2.24) is 30.2 Å². The van der Waals surface area contributed by atoms with Crippen LogP contribution in [0, 0.1) is 28.6 Å². The van der Waals surface area contributed by atoms with Gasteiger partial charge in [-0.3, -0.25) is 23.9 Å². The van der Waals surface area contributed by atoms with Crippen LogP contribution >= 0.6 is 0 Å². The summed E-state index contributed by atoms with van der Waals surface area (Å²) in [6.07, 6.45) is 5.56. The molecule has 1 spiro atoms. The number of likely N-dealkylation sites (N-methyl/N-ethyl adjacent to an activating group) is 1. The van der Waals surface area contributed by atoms with Crippen molar-refractivity contribution in [1.29, 1.82) is 0 Å². The average molecular weight is 649 g/mol. The summed E-state index contributed by atoms with van der Waals surface area (Å²) in [7, 11) is 1.53. The number of carbonyl (C=O) groups excluding carboxylic acids is 4. The molecule has 0 unspecified atom stereocenters. The van der Waals surface area contributed by atoms with Crippen LogP contribution in [0.25, 0.3) is 0 Å². The number of nitrogens with one attached hydrogen (secondary N) is 2. The molecular weight excluding hydrogens is 600 g/mol. The fourth-order valence-corrected chi connectivity index (χ4v) is 7.44. The molecule has 4 atom stereocenters. The zero-order valence-corrected chi connectivity index (χ0v) is 27.9. The number of hydrogen-bond donors (Lipinski definition) is 2. The number of benzene rings is 1. The Kier molecular flexibility index (Phi) is 9.44. The summed E-state index contributed by atoms with van der Waals surface area (Å²) >= 11 is 0. The first-order valence-corrected chi connectivity index (χ1v) is 16.9. The summed E-state index contributed by atoms with van der Waals surface area (Å²) < 4.78 is 13.3. The Morgan fingerprint density at radius 2 is 1.72 bits per heavy atom. The Bertz CT molecular complexity index is 1460. The molecule has 1 aromatic heterocycles. The van der Waals surface area contributed by atoms with Gasteiger partial charge in [-0.05, 0) is 43.1 Å². The highest BCUT2D eigenvalue weighted by Crippen LogP contribution is 2.54. The van der Waals surface area contributed by atoms with Crippen molar-refractivity contribution in [2.75, 3.05) is 46.4 Å². The number of likely N-dealkylation sites (tertiary alicyclic amines) is 2. The Morgan fingerprint density at radius 3 is 2.38 bits per heavy atom. The number of aromatic nitrogens is 2. The SMILES string of the molecule is CNC(=O)[C@@H](NC(=O)[C@H]1CN(C(=O)c2cnn(CC3CCOCC3)c2)CC12CN(C(=O)[C@H]1CC1(C)C)C2)[C@@H](C)OCc1ccccc1. The lowest BCUT2D eigenvalue weighted by Gasteiger charge is -2.50. The molecule has 1 saturated carbocycles. The number of nitrogens with zero attached hydrogens (tertiary/aromatic N) is 4. The largest absolute Gasteiger partial charge is 0.381 e. The minimum atomic E-state index is -0.938. The highest BCUT2D eigenvalue weighted by molar-refractivity contribution is 5.95. The van der Waals surface area contributed by atoms with E-state index in [1.807, 2.05) is 39.9 Å². The van der Waals surface area contributed by atoms with E-state index in [1.165, 1.54) is 7.05 Å². The van der Waals surface area contributed by atoms with E-state index in [-0.39, 0.29) is 48.1 Å². The maximum absolute atomic E-state index is 14.1. The van der Waals surface area contributed by atoms with Crippen molar-refractivity contribution in [2.45, 2.75) is 65.3 Å². The highest BCUT2D eigenvalue weighted by atomic mass is 16.5. The molecule has 1 aromatic carbocycles. The van der Waals surface area contributed by atoms with Crippen LogP contribution in [0.3, 0.4) is 0 Å². The van der Waals surface area contributed by atoms with E-state index in [4.69, 9.17) is 9.47 Å². The van der Waals surface area contributed by atoms with E-state index >= 15 is 0 Å². The Labute approximate surface area is 276 Å². The van der Waals surface area contributed by atoms with Crippen LogP contribution in [0.2, 0.25) is 0 Å². The molecule has 2 N–H and O–H groups in total. The van der Waals surface area contributed by atoms with Crippen molar-refractivity contribution >= 4 is 23.6 Å². The minimum absolute atomic E-state index is 0.00425. The van der Waals surface area contributed by atoms with Crippen LogP contribution in [-0.2, 0) is 37.0 Å². The van der Waals surface area contributed by atoms with Crippen molar-refractivity contribution in [3.8, 4) is 0 Å². The van der Waals surface area contributed by atoms with Gasteiger partial charge >= 0.3 is 0 Å². The molecule has 0 radical (unpaired) electrons. The maximum atomic E-state index is 14.1. The van der Waals surface area contributed by atoms with Gasteiger partial charge in [-0.2, -0.15) is 5.10 Å². The second-order valence-corrected chi connectivity index (χ2v) is 14.6. The predicted octanol–water partition coefficient (Wildman–Crippen LogP) is 2.09. The summed E-state index contributed by atoms with van der Waals surface area (Å²) in [6.45, 7) is 9.79. The van der Waals surface area contributed by atoms with Crippen molar-refractivity contribution in [2.24, 2.45) is 28.6 Å². The van der Waals surface area contributed by atoms with Gasteiger partial charge < -0.3 is 29.9 Å². The van der Waals surface area contributed by atoms with Gasteiger partial charge in [0.15, 0.2) is 0 Å². The van der Waals surface area contributed by atoms with Gasteiger partial charge in [0, 0.05) is 70.5 Å². The van der Waals surface area contributed by atoms with Gasteiger partial charge in [-0.15, -0.1) is 0 Å². The summed E-state index contributed by atoms with van der Waals surface area (Å²) in [4.78, 5) is 57.8. The lowest BCUT2D eigenvalue weighted by molar-refractivity contribution is -0.152. The molecule has 4 aliphatic rings. The molecule has 3 saturated heterocycles. The Hall–Kier alpha value is -3.77. The molecule has 1 aliphatic carbocycles. The Balaban J connectivity index is 1.16. The molecule has 4 fully saturated rings. The van der Waals surface area contributed by atoms with Crippen LogP contribution in [-0.4, -0.2) is 102 Å². The average Bonchev–Trinajstić information content (AvgIpc) is 3.37. The van der Waals surface area contributed by atoms with E-state index in [0.29, 0.717) is 31.1 Å². The second kappa shape index (κ2) is 13.4. The smallest absolute Gasteiger partial charge is 0.257 e. The molecular formula is C35H48N6O6. The number of ether oxygens (including phenoxy) is 2. The van der Waals surface area contributed by atoms with Crippen LogP contribution in [0.4, 0.5) is 0 Å². The zero-order chi connectivity index (χ0) is 33.3. The molecule has 4 heterocycles. The summed E-state index contributed by atoms with van der Waals surface area (Å²) in [6, 6.07) is 8.70. The van der Waals surface area contributed by atoms with Crippen molar-refractivity contribution < 1.29 is 28.7 Å². The van der Waals surface area contributed by atoms with Gasteiger partial charge in [0.1, 0.15) is 6.04 Å². The van der Waals surface area contributed by atoms with Gasteiger partial charge in [-0.25, -0.2) is 0 Å². The monoisotopic (exact) mass is 648 g/mol. The standard InChI is InChI=1S/C35H48N6O6/c1-23(47-19-25-8-6-5-7-9-25)29(31(43)36-4)38-30(42)28-18-39(20-35(28)21-40(22-35)33(45)27-14-34(27,2)3)32(44)26-15-37-41(17-26)16-24-10-12-46-13-11-24/h5-9,15,17,23-24,27-29H,10-14,16,18-22H2,1-4H3,(H,36,43)(H,38,42)/t23-,27-,28-,29+/m1/s1. The quantitative estimate of drug-likeness (QED) is 0.381. The van der Waals surface area contributed by atoms with Crippen LogP contribution in [0.5, 0.6) is 0 Å². The zero-order valence-electron chi connectivity index (χ0n) is 27.9. The highest BCUT2D eigenvalue weighted by Gasteiger charge is 2.62. The number of hydrogen-bond acceptors (Lipinski definition) is 7. The number of amides is 4. The molecule has 254 valence electrons. The van der Waals surface area contributed by atoms with Crippen LogP contribution in [0.15, 0.2) is 42.7 Å². The van der Waals surface area contributed by atoms with E-state index in [9.17, 15) is 19.2 Å². The molecule has 0 bridgehead atoms. The first kappa shape index (κ1) is 33.1. The summed E-state index contributed by atoms with van der Waals surface area (Å²) in [5.41, 5.74) is 0.828. The van der Waals surface area contributed by atoms with Crippen LogP contribution in [0.1, 0.15) is 56.0 Å². The molecule has 6 rings (SSSR count). The molecule has 3 aliphatic heterocycles. The normalized spacial score (nSPS) is 24.3. The van der Waals surface area contributed by atoms with Gasteiger partial charge in [-0.1, -0.05) is 44.2 Å². The number of rotatable bonds is 11. The first-order chi connectivity index (χ1) is 22.5. The van der Waals surface area contributed by atoms with E-state index in [0.717, 1.165) is 44.6 Å². The predicted molar refractivity (Wildman–Crippen MR) is 173 cm³/mol. The second-order valence-electron chi connectivity index (χ2n) is 14.6. The van der Waals surface area contributed by atoms with Gasteiger partial charge in [0.25, 0.3) is 5.91 Å². The fourth-order valence-electron chi connectivity index (χ4n) is 7.44. The van der Waals surface area contributed by atoms with Gasteiger partial charge in [0.05, 0.1) is 30.4 Å².